The number of nitrogens with two attached hydrogens (primary N) is 1. The maximum absolute atomic E-state index is 13.2. The van der Waals surface area contributed by atoms with E-state index < -0.39 is 11.6 Å². The molecule has 94 valence electrons. The standard InChI is InChI=1S/C12H10BrF2N3/c13-11-5-17-6-18-12(11)10(4-16)7-1-8(14)3-9(15)2-7/h1-3,5-6,10H,4,16H2/t10-/m1/s1. The summed E-state index contributed by atoms with van der Waals surface area (Å²) >= 11 is 3.30. The van der Waals surface area contributed by atoms with E-state index in [1.54, 1.807) is 6.20 Å². The molecule has 0 fully saturated rings. The Morgan fingerprint density at radius 1 is 1.22 bits per heavy atom. The van der Waals surface area contributed by atoms with Gasteiger partial charge in [-0.25, -0.2) is 18.7 Å². The first-order chi connectivity index (χ1) is 8.61. The van der Waals surface area contributed by atoms with Crippen LogP contribution in [0.3, 0.4) is 0 Å². The molecule has 0 bridgehead atoms. The van der Waals surface area contributed by atoms with Crippen LogP contribution in [0.15, 0.2) is 35.2 Å². The molecule has 2 aromatic rings. The van der Waals surface area contributed by atoms with Gasteiger partial charge in [-0.2, -0.15) is 0 Å². The van der Waals surface area contributed by atoms with E-state index in [1.165, 1.54) is 18.5 Å². The summed E-state index contributed by atoms with van der Waals surface area (Å²) < 4.78 is 27.1. The second kappa shape index (κ2) is 5.49. The molecule has 3 nitrogen and oxygen atoms in total. The first kappa shape index (κ1) is 13.0. The van der Waals surface area contributed by atoms with Crippen molar-refractivity contribution in [2.45, 2.75) is 5.92 Å². The summed E-state index contributed by atoms with van der Waals surface area (Å²) in [5.41, 5.74) is 6.74. The molecule has 0 aliphatic heterocycles. The minimum Gasteiger partial charge on any atom is -0.329 e. The monoisotopic (exact) mass is 313 g/mol. The molecule has 1 aromatic carbocycles. The summed E-state index contributed by atoms with van der Waals surface area (Å²) in [6.45, 7) is 0.193. The van der Waals surface area contributed by atoms with E-state index in [2.05, 4.69) is 25.9 Å². The van der Waals surface area contributed by atoms with Crippen molar-refractivity contribution in [1.82, 2.24) is 9.97 Å². The minimum absolute atomic E-state index is 0.193. The van der Waals surface area contributed by atoms with Crippen molar-refractivity contribution in [3.05, 3.63) is 58.1 Å². The van der Waals surface area contributed by atoms with Gasteiger partial charge < -0.3 is 5.73 Å². The van der Waals surface area contributed by atoms with Crippen LogP contribution in [0.4, 0.5) is 8.78 Å². The van der Waals surface area contributed by atoms with Crippen LogP contribution >= 0.6 is 15.9 Å². The quantitative estimate of drug-likeness (QED) is 0.947. The molecule has 6 heteroatoms. The summed E-state index contributed by atoms with van der Waals surface area (Å²) in [6, 6.07) is 3.34. The van der Waals surface area contributed by atoms with Gasteiger partial charge in [0.05, 0.1) is 10.2 Å². The molecule has 0 saturated heterocycles. The Balaban J connectivity index is 2.48. The molecule has 1 heterocycles. The van der Waals surface area contributed by atoms with Crippen molar-refractivity contribution in [1.29, 1.82) is 0 Å². The highest BCUT2D eigenvalue weighted by atomic mass is 79.9. The highest BCUT2D eigenvalue weighted by Crippen LogP contribution is 2.28. The summed E-state index contributed by atoms with van der Waals surface area (Å²) in [6.07, 6.45) is 2.94. The van der Waals surface area contributed by atoms with Crippen LogP contribution < -0.4 is 5.73 Å². The van der Waals surface area contributed by atoms with Gasteiger partial charge >= 0.3 is 0 Å². The fraction of sp³-hybridized carbons (Fsp3) is 0.167. The van der Waals surface area contributed by atoms with Gasteiger partial charge in [-0.05, 0) is 33.6 Å². The van der Waals surface area contributed by atoms with E-state index in [0.717, 1.165) is 6.07 Å². The third-order valence-electron chi connectivity index (χ3n) is 2.55. The Kier molecular flexibility index (Phi) is 3.98. The zero-order valence-electron chi connectivity index (χ0n) is 9.28. The molecule has 2 rings (SSSR count). The molecule has 0 radical (unpaired) electrons. The zero-order chi connectivity index (χ0) is 13.1. The Morgan fingerprint density at radius 2 is 1.89 bits per heavy atom. The van der Waals surface area contributed by atoms with Crippen LogP contribution in [-0.4, -0.2) is 16.5 Å². The molecule has 1 aromatic heterocycles. The van der Waals surface area contributed by atoms with E-state index in [9.17, 15) is 8.78 Å². The van der Waals surface area contributed by atoms with E-state index >= 15 is 0 Å². The Bertz CT molecular complexity index is 543. The maximum Gasteiger partial charge on any atom is 0.126 e. The molecule has 0 unspecified atom stereocenters. The minimum atomic E-state index is -0.631. The lowest BCUT2D eigenvalue weighted by molar-refractivity contribution is 0.576. The molecule has 0 amide bonds. The number of halogens is 3. The second-order valence-corrected chi connectivity index (χ2v) is 4.60. The van der Waals surface area contributed by atoms with Crippen LogP contribution in [-0.2, 0) is 0 Å². The summed E-state index contributed by atoms with van der Waals surface area (Å²) in [7, 11) is 0. The van der Waals surface area contributed by atoms with E-state index in [4.69, 9.17) is 5.73 Å². The van der Waals surface area contributed by atoms with E-state index in [0.29, 0.717) is 15.7 Å². The summed E-state index contributed by atoms with van der Waals surface area (Å²) in [4.78, 5) is 7.95. The van der Waals surface area contributed by atoms with Crippen LogP contribution in [0.25, 0.3) is 0 Å². The number of aromatic nitrogens is 2. The average Bonchev–Trinajstić information content (AvgIpc) is 2.31. The number of rotatable bonds is 3. The lowest BCUT2D eigenvalue weighted by Crippen LogP contribution is -2.16. The maximum atomic E-state index is 13.2. The van der Waals surface area contributed by atoms with Crippen LogP contribution in [0, 0.1) is 11.6 Å². The molecule has 0 spiro atoms. The predicted octanol–water partition coefficient (Wildman–Crippen LogP) is 2.61. The largest absolute Gasteiger partial charge is 0.329 e. The third-order valence-corrected chi connectivity index (χ3v) is 3.16. The van der Waals surface area contributed by atoms with Crippen LogP contribution in [0.5, 0.6) is 0 Å². The Morgan fingerprint density at radius 3 is 2.44 bits per heavy atom. The molecular weight excluding hydrogens is 304 g/mol. The molecule has 0 saturated carbocycles. The zero-order valence-corrected chi connectivity index (χ0v) is 10.9. The smallest absolute Gasteiger partial charge is 0.126 e. The van der Waals surface area contributed by atoms with Crippen molar-refractivity contribution >= 4 is 15.9 Å². The third kappa shape index (κ3) is 2.70. The van der Waals surface area contributed by atoms with Gasteiger partial charge in [-0.3, -0.25) is 0 Å². The van der Waals surface area contributed by atoms with Gasteiger partial charge in [0.15, 0.2) is 0 Å². The first-order valence-electron chi connectivity index (χ1n) is 5.23. The Labute approximate surface area is 111 Å². The normalized spacial score (nSPS) is 12.4. The van der Waals surface area contributed by atoms with Crippen LogP contribution in [0.1, 0.15) is 17.2 Å². The summed E-state index contributed by atoms with van der Waals surface area (Å²) in [5.74, 6) is -1.64. The van der Waals surface area contributed by atoms with Crippen LogP contribution in [0.2, 0.25) is 0 Å². The molecule has 0 aliphatic carbocycles. The van der Waals surface area contributed by atoms with Gasteiger partial charge in [0.25, 0.3) is 0 Å². The Hall–Kier alpha value is -1.40. The van der Waals surface area contributed by atoms with Gasteiger partial charge in [0.2, 0.25) is 0 Å². The van der Waals surface area contributed by atoms with Gasteiger partial charge in [0.1, 0.15) is 18.0 Å². The molecule has 1 atom stereocenters. The fourth-order valence-electron chi connectivity index (χ4n) is 1.76. The predicted molar refractivity (Wildman–Crippen MR) is 67.0 cm³/mol. The lowest BCUT2D eigenvalue weighted by atomic mass is 9.95. The van der Waals surface area contributed by atoms with Gasteiger partial charge in [-0.15, -0.1) is 0 Å². The number of nitrogens with zero attached hydrogens (tertiary/aromatic N) is 2. The molecular formula is C12H10BrF2N3. The average molecular weight is 314 g/mol. The molecule has 0 aliphatic rings. The van der Waals surface area contributed by atoms with Gasteiger partial charge in [-0.1, -0.05) is 0 Å². The highest BCUT2D eigenvalue weighted by Gasteiger charge is 2.18. The SMILES string of the molecule is NC[C@H](c1cc(F)cc(F)c1)c1ncncc1Br. The first-order valence-corrected chi connectivity index (χ1v) is 6.02. The van der Waals surface area contributed by atoms with E-state index in [-0.39, 0.29) is 12.5 Å². The van der Waals surface area contributed by atoms with Crippen molar-refractivity contribution in [2.24, 2.45) is 5.73 Å². The lowest BCUT2D eigenvalue weighted by Gasteiger charge is -2.16. The molecule has 18 heavy (non-hydrogen) atoms. The fourth-order valence-corrected chi connectivity index (χ4v) is 2.26. The highest BCUT2D eigenvalue weighted by molar-refractivity contribution is 9.10. The second-order valence-electron chi connectivity index (χ2n) is 3.75. The van der Waals surface area contributed by atoms with E-state index in [1.807, 2.05) is 0 Å². The van der Waals surface area contributed by atoms with Crippen molar-refractivity contribution in [2.75, 3.05) is 6.54 Å². The van der Waals surface area contributed by atoms with Crippen molar-refractivity contribution in [3.63, 3.8) is 0 Å². The van der Waals surface area contributed by atoms with Gasteiger partial charge in [0, 0.05) is 24.7 Å². The number of hydrogen-bond acceptors (Lipinski definition) is 3. The topological polar surface area (TPSA) is 51.8 Å². The summed E-state index contributed by atoms with van der Waals surface area (Å²) in [5, 5.41) is 0. The number of benzene rings is 1. The number of hydrogen-bond donors (Lipinski definition) is 1. The van der Waals surface area contributed by atoms with Crippen molar-refractivity contribution < 1.29 is 8.78 Å². The molecule has 2 N–H and O–H groups in total. The van der Waals surface area contributed by atoms with Crippen molar-refractivity contribution in [3.8, 4) is 0 Å².